The lowest BCUT2D eigenvalue weighted by Crippen LogP contribution is -2.36. The van der Waals surface area contributed by atoms with Gasteiger partial charge in [-0.15, -0.1) is 0 Å². The standard InChI is InChI=1S/C23H29N5O2/c1-24-23(25-16-19-7-5-10-22(15-19)30-14-13-29-2)26-17-20-8-3-4-9-21(20)18-28-12-6-11-27-28/h3-12,15H,13-14,16-18H2,1-2H3,(H2,24,25,26). The van der Waals surface area contributed by atoms with E-state index >= 15 is 0 Å². The average molecular weight is 408 g/mol. The molecule has 3 rings (SSSR count). The largest absolute Gasteiger partial charge is 0.491 e. The number of methoxy groups -OCH3 is 1. The third kappa shape index (κ3) is 6.63. The Morgan fingerprint density at radius 3 is 2.60 bits per heavy atom. The van der Waals surface area contributed by atoms with Crippen molar-refractivity contribution in [3.05, 3.63) is 83.7 Å². The number of aromatic nitrogens is 2. The molecule has 0 spiro atoms. The molecule has 0 saturated heterocycles. The van der Waals surface area contributed by atoms with Crippen molar-refractivity contribution < 1.29 is 9.47 Å². The Balaban J connectivity index is 1.53. The van der Waals surface area contributed by atoms with Gasteiger partial charge in [0.05, 0.1) is 13.2 Å². The van der Waals surface area contributed by atoms with E-state index in [4.69, 9.17) is 9.47 Å². The van der Waals surface area contributed by atoms with Gasteiger partial charge in [-0.3, -0.25) is 9.67 Å². The van der Waals surface area contributed by atoms with Crippen LogP contribution in [0, 0.1) is 0 Å². The van der Waals surface area contributed by atoms with E-state index in [-0.39, 0.29) is 0 Å². The average Bonchev–Trinajstić information content (AvgIpc) is 3.28. The van der Waals surface area contributed by atoms with Crippen molar-refractivity contribution in [2.24, 2.45) is 4.99 Å². The van der Waals surface area contributed by atoms with Gasteiger partial charge >= 0.3 is 0 Å². The molecule has 0 bridgehead atoms. The van der Waals surface area contributed by atoms with Gasteiger partial charge in [-0.05, 0) is 34.9 Å². The molecule has 1 aromatic heterocycles. The van der Waals surface area contributed by atoms with E-state index in [1.165, 1.54) is 11.1 Å². The van der Waals surface area contributed by atoms with Gasteiger partial charge < -0.3 is 20.1 Å². The van der Waals surface area contributed by atoms with Gasteiger partial charge in [-0.25, -0.2) is 0 Å². The predicted octanol–water partition coefficient (Wildman–Crippen LogP) is 2.82. The first-order chi connectivity index (χ1) is 14.8. The summed E-state index contributed by atoms with van der Waals surface area (Å²) in [5.41, 5.74) is 3.56. The molecule has 0 aliphatic rings. The Bertz CT molecular complexity index is 925. The molecular weight excluding hydrogens is 378 g/mol. The summed E-state index contributed by atoms with van der Waals surface area (Å²) in [5, 5.41) is 11.1. The molecule has 3 aromatic rings. The Labute approximate surface area is 177 Å². The number of benzene rings is 2. The van der Waals surface area contributed by atoms with Crippen LogP contribution in [0.1, 0.15) is 16.7 Å². The van der Waals surface area contributed by atoms with Gasteiger partial charge in [0.15, 0.2) is 5.96 Å². The summed E-state index contributed by atoms with van der Waals surface area (Å²) in [4.78, 5) is 4.34. The van der Waals surface area contributed by atoms with E-state index in [0.29, 0.717) is 26.3 Å². The second-order valence-electron chi connectivity index (χ2n) is 6.74. The van der Waals surface area contributed by atoms with Crippen LogP contribution in [0.2, 0.25) is 0 Å². The molecule has 7 heteroatoms. The summed E-state index contributed by atoms with van der Waals surface area (Å²) in [6.07, 6.45) is 3.77. The zero-order valence-corrected chi connectivity index (χ0v) is 17.5. The number of ether oxygens (including phenoxy) is 2. The Morgan fingerprint density at radius 1 is 1.00 bits per heavy atom. The molecule has 0 saturated carbocycles. The first-order valence-corrected chi connectivity index (χ1v) is 9.98. The molecule has 0 amide bonds. The molecule has 158 valence electrons. The fourth-order valence-electron chi connectivity index (χ4n) is 3.03. The third-order valence-corrected chi connectivity index (χ3v) is 4.59. The minimum atomic E-state index is 0.536. The maximum atomic E-state index is 5.68. The molecular formula is C23H29N5O2. The summed E-state index contributed by atoms with van der Waals surface area (Å²) in [6.45, 7) is 3.18. The second kappa shape index (κ2) is 11.6. The lowest BCUT2D eigenvalue weighted by Gasteiger charge is -2.15. The summed E-state index contributed by atoms with van der Waals surface area (Å²) in [5.74, 6) is 1.58. The molecule has 0 aliphatic heterocycles. The van der Waals surface area contributed by atoms with Crippen molar-refractivity contribution >= 4 is 5.96 Å². The van der Waals surface area contributed by atoms with Crippen LogP contribution in [-0.2, 0) is 24.4 Å². The number of rotatable bonds is 10. The van der Waals surface area contributed by atoms with E-state index < -0.39 is 0 Å². The fraction of sp³-hybridized carbons (Fsp3) is 0.304. The molecule has 0 unspecified atom stereocenters. The first kappa shape index (κ1) is 21.4. The zero-order valence-electron chi connectivity index (χ0n) is 17.5. The summed E-state index contributed by atoms with van der Waals surface area (Å²) in [6, 6.07) is 18.3. The number of nitrogens with one attached hydrogen (secondary N) is 2. The minimum absolute atomic E-state index is 0.536. The maximum absolute atomic E-state index is 5.68. The van der Waals surface area contributed by atoms with E-state index in [0.717, 1.165) is 23.8 Å². The lowest BCUT2D eigenvalue weighted by atomic mass is 10.1. The minimum Gasteiger partial charge on any atom is -0.491 e. The number of hydrogen-bond donors (Lipinski definition) is 2. The van der Waals surface area contributed by atoms with Crippen LogP contribution in [0.15, 0.2) is 72.0 Å². The van der Waals surface area contributed by atoms with Crippen molar-refractivity contribution in [1.82, 2.24) is 20.4 Å². The number of hydrogen-bond acceptors (Lipinski definition) is 4. The van der Waals surface area contributed by atoms with E-state index in [9.17, 15) is 0 Å². The Kier molecular flexibility index (Phi) is 8.29. The third-order valence-electron chi connectivity index (χ3n) is 4.59. The van der Waals surface area contributed by atoms with E-state index in [1.54, 1.807) is 20.4 Å². The summed E-state index contributed by atoms with van der Waals surface area (Å²) < 4.78 is 12.6. The predicted molar refractivity (Wildman–Crippen MR) is 119 cm³/mol. The van der Waals surface area contributed by atoms with E-state index in [2.05, 4.69) is 51.1 Å². The lowest BCUT2D eigenvalue weighted by molar-refractivity contribution is 0.146. The first-order valence-electron chi connectivity index (χ1n) is 9.98. The molecule has 0 radical (unpaired) electrons. The Morgan fingerprint density at radius 2 is 1.83 bits per heavy atom. The van der Waals surface area contributed by atoms with Crippen molar-refractivity contribution in [2.75, 3.05) is 27.4 Å². The highest BCUT2D eigenvalue weighted by Crippen LogP contribution is 2.13. The van der Waals surface area contributed by atoms with Crippen LogP contribution >= 0.6 is 0 Å². The van der Waals surface area contributed by atoms with Crippen LogP contribution in [0.25, 0.3) is 0 Å². The van der Waals surface area contributed by atoms with E-state index in [1.807, 2.05) is 35.1 Å². The second-order valence-corrected chi connectivity index (χ2v) is 6.74. The van der Waals surface area contributed by atoms with Crippen LogP contribution < -0.4 is 15.4 Å². The fourth-order valence-corrected chi connectivity index (χ4v) is 3.03. The van der Waals surface area contributed by atoms with Crippen molar-refractivity contribution in [3.8, 4) is 5.75 Å². The van der Waals surface area contributed by atoms with Gasteiger partial charge in [-0.1, -0.05) is 36.4 Å². The Hall–Kier alpha value is -3.32. The number of aliphatic imine (C=N–C) groups is 1. The molecule has 1 heterocycles. The quantitative estimate of drug-likeness (QED) is 0.307. The highest BCUT2D eigenvalue weighted by atomic mass is 16.5. The van der Waals surface area contributed by atoms with Gasteiger partial charge in [0.1, 0.15) is 12.4 Å². The maximum Gasteiger partial charge on any atom is 0.191 e. The normalized spacial score (nSPS) is 11.3. The van der Waals surface area contributed by atoms with Gasteiger partial charge in [0.25, 0.3) is 0 Å². The molecule has 0 fully saturated rings. The monoisotopic (exact) mass is 407 g/mol. The van der Waals surface area contributed by atoms with Gasteiger partial charge in [-0.2, -0.15) is 5.10 Å². The molecule has 30 heavy (non-hydrogen) atoms. The van der Waals surface area contributed by atoms with Gasteiger partial charge in [0.2, 0.25) is 0 Å². The number of guanidine groups is 1. The topological polar surface area (TPSA) is 72.7 Å². The molecule has 0 aliphatic carbocycles. The zero-order chi connectivity index (χ0) is 21.0. The summed E-state index contributed by atoms with van der Waals surface area (Å²) in [7, 11) is 3.44. The molecule has 7 nitrogen and oxygen atoms in total. The van der Waals surface area contributed by atoms with Crippen molar-refractivity contribution in [2.45, 2.75) is 19.6 Å². The SMILES string of the molecule is CN=C(NCc1cccc(OCCOC)c1)NCc1ccccc1Cn1cccn1. The van der Waals surface area contributed by atoms with Crippen LogP contribution in [0.4, 0.5) is 0 Å². The summed E-state index contributed by atoms with van der Waals surface area (Å²) >= 11 is 0. The highest BCUT2D eigenvalue weighted by molar-refractivity contribution is 5.79. The van der Waals surface area contributed by atoms with Gasteiger partial charge in [0, 0.05) is 39.6 Å². The molecule has 2 aromatic carbocycles. The van der Waals surface area contributed by atoms with Crippen LogP contribution in [0.5, 0.6) is 5.75 Å². The number of nitrogens with zero attached hydrogens (tertiary/aromatic N) is 3. The van der Waals surface area contributed by atoms with Crippen LogP contribution in [-0.4, -0.2) is 43.1 Å². The smallest absolute Gasteiger partial charge is 0.191 e. The van der Waals surface area contributed by atoms with Crippen molar-refractivity contribution in [3.63, 3.8) is 0 Å². The molecule has 0 atom stereocenters. The van der Waals surface area contributed by atoms with Crippen molar-refractivity contribution in [1.29, 1.82) is 0 Å². The van der Waals surface area contributed by atoms with Crippen LogP contribution in [0.3, 0.4) is 0 Å². The molecule has 2 N–H and O–H groups in total. The highest BCUT2D eigenvalue weighted by Gasteiger charge is 2.05.